The fourth-order valence-corrected chi connectivity index (χ4v) is 2.91. The van der Waals surface area contributed by atoms with Gasteiger partial charge in [0, 0.05) is 12.2 Å². The summed E-state index contributed by atoms with van der Waals surface area (Å²) in [6.07, 6.45) is 9.32. The summed E-state index contributed by atoms with van der Waals surface area (Å²) in [4.78, 5) is 4.31. The van der Waals surface area contributed by atoms with Gasteiger partial charge in [-0.05, 0) is 51.3 Å². The smallest absolute Gasteiger partial charge is 0.138 e. The van der Waals surface area contributed by atoms with Crippen LogP contribution in [0.25, 0.3) is 0 Å². The molecule has 3 nitrogen and oxygen atoms in total. The van der Waals surface area contributed by atoms with Gasteiger partial charge in [-0.15, -0.1) is 0 Å². The summed E-state index contributed by atoms with van der Waals surface area (Å²) in [6.45, 7) is 4.08. The molecule has 18 heavy (non-hydrogen) atoms. The molecule has 0 amide bonds. The molecule has 1 saturated carbocycles. The minimum atomic E-state index is 0.196. The third kappa shape index (κ3) is 3.22. The Morgan fingerprint density at radius 3 is 2.61 bits per heavy atom. The minimum Gasteiger partial charge on any atom is -0.489 e. The number of pyridine rings is 1. The Balaban J connectivity index is 2.14. The van der Waals surface area contributed by atoms with Crippen molar-refractivity contribution in [1.82, 2.24) is 10.3 Å². The average Bonchev–Trinajstić information content (AvgIpc) is 2.83. The lowest BCUT2D eigenvalue weighted by molar-refractivity contribution is 0.240. The second kappa shape index (κ2) is 6.19. The number of hydrogen-bond donors (Lipinski definition) is 1. The molecule has 0 spiro atoms. The zero-order chi connectivity index (χ0) is 13.0. The van der Waals surface area contributed by atoms with E-state index in [9.17, 15) is 0 Å². The van der Waals surface area contributed by atoms with Crippen molar-refractivity contribution >= 4 is 0 Å². The van der Waals surface area contributed by atoms with Gasteiger partial charge in [-0.2, -0.15) is 0 Å². The highest BCUT2D eigenvalue weighted by Gasteiger charge is 2.25. The van der Waals surface area contributed by atoms with Crippen LogP contribution in [-0.4, -0.2) is 18.1 Å². The number of aromatic nitrogens is 1. The zero-order valence-corrected chi connectivity index (χ0v) is 11.6. The molecule has 1 N–H and O–H groups in total. The van der Waals surface area contributed by atoms with Crippen molar-refractivity contribution in [3.05, 3.63) is 24.0 Å². The van der Waals surface area contributed by atoms with Gasteiger partial charge in [-0.3, -0.25) is 4.98 Å². The van der Waals surface area contributed by atoms with Gasteiger partial charge in [-0.25, -0.2) is 0 Å². The molecule has 1 unspecified atom stereocenters. The Morgan fingerprint density at radius 1 is 1.28 bits per heavy atom. The van der Waals surface area contributed by atoms with Crippen molar-refractivity contribution in [3.8, 4) is 5.75 Å². The van der Waals surface area contributed by atoms with Crippen LogP contribution < -0.4 is 10.1 Å². The number of nitrogens with zero attached hydrogens (tertiary/aromatic N) is 1. The van der Waals surface area contributed by atoms with Gasteiger partial charge >= 0.3 is 0 Å². The number of rotatable bonds is 5. The summed E-state index contributed by atoms with van der Waals surface area (Å²) in [5.74, 6) is 1.62. The molecule has 1 fully saturated rings. The Bertz CT molecular complexity index is 373. The van der Waals surface area contributed by atoms with E-state index in [4.69, 9.17) is 4.74 Å². The summed E-state index contributed by atoms with van der Waals surface area (Å²) in [5.41, 5.74) is 1.25. The first-order valence-corrected chi connectivity index (χ1v) is 6.99. The first kappa shape index (κ1) is 13.3. The molecule has 0 aliphatic heterocycles. The largest absolute Gasteiger partial charge is 0.489 e. The van der Waals surface area contributed by atoms with E-state index in [0.717, 1.165) is 11.7 Å². The fraction of sp³-hybridized carbons (Fsp3) is 0.667. The summed E-state index contributed by atoms with van der Waals surface area (Å²) in [6, 6.07) is 2.54. The van der Waals surface area contributed by atoms with Crippen molar-refractivity contribution in [1.29, 1.82) is 0 Å². The molecule has 1 aromatic heterocycles. The first-order chi connectivity index (χ1) is 8.70. The number of nitrogens with one attached hydrogen (secondary N) is 1. The second-order valence-corrected chi connectivity index (χ2v) is 5.43. The highest BCUT2D eigenvalue weighted by Crippen LogP contribution is 2.36. The molecular weight excluding hydrogens is 224 g/mol. The number of ether oxygens (including phenoxy) is 1. The van der Waals surface area contributed by atoms with Gasteiger partial charge in [0.25, 0.3) is 0 Å². The van der Waals surface area contributed by atoms with Crippen molar-refractivity contribution < 1.29 is 4.74 Å². The summed E-state index contributed by atoms with van der Waals surface area (Å²) >= 11 is 0. The lowest BCUT2D eigenvalue weighted by Crippen LogP contribution is -2.23. The van der Waals surface area contributed by atoms with E-state index in [1.165, 1.54) is 31.2 Å². The van der Waals surface area contributed by atoms with Crippen LogP contribution >= 0.6 is 0 Å². The highest BCUT2D eigenvalue weighted by molar-refractivity contribution is 5.26. The molecule has 0 aromatic carbocycles. The Labute approximate surface area is 110 Å². The molecule has 1 aliphatic carbocycles. The maximum atomic E-state index is 5.72. The van der Waals surface area contributed by atoms with Crippen molar-refractivity contribution in [2.24, 2.45) is 5.92 Å². The van der Waals surface area contributed by atoms with E-state index in [1.807, 2.05) is 27.1 Å². The Hall–Kier alpha value is -1.09. The van der Waals surface area contributed by atoms with Crippen LogP contribution in [0.3, 0.4) is 0 Å². The van der Waals surface area contributed by atoms with Crippen LogP contribution in [0.1, 0.15) is 51.1 Å². The van der Waals surface area contributed by atoms with Crippen LogP contribution in [0.15, 0.2) is 18.5 Å². The van der Waals surface area contributed by atoms with Crippen LogP contribution in [0.5, 0.6) is 5.75 Å². The normalized spacial score (nSPS) is 18.2. The fourth-order valence-electron chi connectivity index (χ4n) is 2.91. The third-order valence-corrected chi connectivity index (χ3v) is 3.65. The monoisotopic (exact) mass is 248 g/mol. The molecule has 1 heterocycles. The summed E-state index contributed by atoms with van der Waals surface area (Å²) in [7, 11) is 2.04. The van der Waals surface area contributed by atoms with Crippen molar-refractivity contribution in [3.63, 3.8) is 0 Å². The van der Waals surface area contributed by atoms with E-state index >= 15 is 0 Å². The van der Waals surface area contributed by atoms with Gasteiger partial charge in [0.05, 0.1) is 12.3 Å². The van der Waals surface area contributed by atoms with E-state index in [-0.39, 0.29) is 6.10 Å². The predicted octanol–water partition coefficient (Wildman–Crippen LogP) is 3.32. The van der Waals surface area contributed by atoms with Crippen LogP contribution in [-0.2, 0) is 0 Å². The van der Waals surface area contributed by atoms with E-state index in [0.29, 0.717) is 6.04 Å². The minimum absolute atomic E-state index is 0.196. The Kier molecular flexibility index (Phi) is 4.59. The van der Waals surface area contributed by atoms with E-state index in [2.05, 4.69) is 16.4 Å². The lowest BCUT2D eigenvalue weighted by Gasteiger charge is -2.23. The quantitative estimate of drug-likeness (QED) is 0.868. The van der Waals surface area contributed by atoms with Gasteiger partial charge in [-0.1, -0.05) is 12.8 Å². The Morgan fingerprint density at radius 2 is 2.00 bits per heavy atom. The molecule has 1 aromatic rings. The van der Waals surface area contributed by atoms with Crippen molar-refractivity contribution in [2.75, 3.05) is 7.05 Å². The van der Waals surface area contributed by atoms with Crippen LogP contribution in [0.4, 0.5) is 0 Å². The molecule has 0 bridgehead atoms. The molecule has 1 aliphatic rings. The molecule has 1 atom stereocenters. The maximum absolute atomic E-state index is 5.72. The van der Waals surface area contributed by atoms with E-state index in [1.54, 1.807) is 6.20 Å². The zero-order valence-electron chi connectivity index (χ0n) is 11.6. The molecule has 100 valence electrons. The van der Waals surface area contributed by atoms with E-state index < -0.39 is 0 Å². The molecular formula is C15H24N2O. The average molecular weight is 248 g/mol. The second-order valence-electron chi connectivity index (χ2n) is 5.43. The first-order valence-electron chi connectivity index (χ1n) is 6.99. The van der Waals surface area contributed by atoms with Gasteiger partial charge in [0.15, 0.2) is 0 Å². The highest BCUT2D eigenvalue weighted by atomic mass is 16.5. The summed E-state index contributed by atoms with van der Waals surface area (Å²) < 4.78 is 5.72. The van der Waals surface area contributed by atoms with Gasteiger partial charge in [0.1, 0.15) is 5.75 Å². The lowest BCUT2D eigenvalue weighted by atomic mass is 9.93. The standard InChI is InChI=1S/C15H24N2O/c1-11(2)18-14-8-13(9-17-10-14)15(16-3)12-6-4-5-7-12/h8-12,15-16H,4-7H2,1-3H3. The predicted molar refractivity (Wildman–Crippen MR) is 73.8 cm³/mol. The van der Waals surface area contributed by atoms with Crippen molar-refractivity contribution in [2.45, 2.75) is 51.7 Å². The molecule has 3 heteroatoms. The topological polar surface area (TPSA) is 34.2 Å². The van der Waals surface area contributed by atoms with Gasteiger partial charge < -0.3 is 10.1 Å². The maximum Gasteiger partial charge on any atom is 0.138 e. The summed E-state index contributed by atoms with van der Waals surface area (Å²) in [5, 5.41) is 3.45. The van der Waals surface area contributed by atoms with Crippen LogP contribution in [0.2, 0.25) is 0 Å². The van der Waals surface area contributed by atoms with Gasteiger partial charge in [0.2, 0.25) is 0 Å². The molecule has 0 saturated heterocycles. The van der Waals surface area contributed by atoms with Crippen LogP contribution in [0, 0.1) is 5.92 Å². The molecule has 2 rings (SSSR count). The third-order valence-electron chi connectivity index (χ3n) is 3.65. The number of hydrogen-bond acceptors (Lipinski definition) is 3. The SMILES string of the molecule is CNC(c1cncc(OC(C)C)c1)C1CCCC1. The molecule has 0 radical (unpaired) electrons.